The van der Waals surface area contributed by atoms with Crippen molar-refractivity contribution < 1.29 is 4.79 Å². The van der Waals surface area contributed by atoms with Gasteiger partial charge in [-0.3, -0.25) is 0 Å². The Hall–Kier alpha value is -1.36. The molecule has 5 heteroatoms. The van der Waals surface area contributed by atoms with Gasteiger partial charge in [0.05, 0.1) is 0 Å². The molecule has 0 aliphatic carbocycles. The predicted octanol–water partition coefficient (Wildman–Crippen LogP) is 2.92. The molecule has 0 radical (unpaired) electrons. The Morgan fingerprint density at radius 3 is 2.94 bits per heavy atom. The number of hydrogen-bond acceptors (Lipinski definition) is 3. The Morgan fingerprint density at radius 1 is 1.50 bits per heavy atom. The smallest absolute Gasteiger partial charge is 0.319 e. The molecular weight excluding hydrogens is 246 g/mol. The highest BCUT2D eigenvalue weighted by Crippen LogP contribution is 2.11. The molecule has 1 aromatic carbocycles. The van der Waals surface area contributed by atoms with Crippen LogP contribution in [-0.2, 0) is 0 Å². The Balaban J connectivity index is 2.32. The molecule has 1 atom stereocenters. The minimum absolute atomic E-state index is 0.171. The third kappa shape index (κ3) is 5.82. The van der Waals surface area contributed by atoms with Gasteiger partial charge in [-0.05, 0) is 43.0 Å². The summed E-state index contributed by atoms with van der Waals surface area (Å²) in [4.78, 5) is 11.7. The third-order valence-electron chi connectivity index (χ3n) is 2.42. The Morgan fingerprint density at radius 2 is 2.28 bits per heavy atom. The summed E-state index contributed by atoms with van der Waals surface area (Å²) in [5.74, 6) is 2.18. The van der Waals surface area contributed by atoms with E-state index in [2.05, 4.69) is 17.6 Å². The standard InChI is InChI=1S/C13H21N3OS/c1-3-18-8-7-10(2)15-13(17)16-12-6-4-5-11(14)9-12/h4-6,9-10H,3,7-8,14H2,1-2H3,(H2,15,16,17). The van der Waals surface area contributed by atoms with Crippen molar-refractivity contribution in [2.75, 3.05) is 22.6 Å². The molecule has 4 N–H and O–H groups in total. The van der Waals surface area contributed by atoms with E-state index in [0.717, 1.165) is 17.9 Å². The van der Waals surface area contributed by atoms with E-state index in [1.807, 2.05) is 30.8 Å². The lowest BCUT2D eigenvalue weighted by molar-refractivity contribution is 0.249. The fraction of sp³-hybridized carbons (Fsp3) is 0.462. The van der Waals surface area contributed by atoms with Gasteiger partial charge in [0.1, 0.15) is 0 Å². The Labute approximate surface area is 113 Å². The van der Waals surface area contributed by atoms with Crippen molar-refractivity contribution in [2.24, 2.45) is 0 Å². The lowest BCUT2D eigenvalue weighted by atomic mass is 10.2. The topological polar surface area (TPSA) is 67.2 Å². The predicted molar refractivity (Wildman–Crippen MR) is 80.1 cm³/mol. The van der Waals surface area contributed by atoms with Crippen LogP contribution >= 0.6 is 11.8 Å². The van der Waals surface area contributed by atoms with Crippen LogP contribution in [0.5, 0.6) is 0 Å². The van der Waals surface area contributed by atoms with E-state index in [9.17, 15) is 4.79 Å². The molecule has 4 nitrogen and oxygen atoms in total. The summed E-state index contributed by atoms with van der Waals surface area (Å²) >= 11 is 1.88. The fourth-order valence-electron chi connectivity index (χ4n) is 1.48. The summed E-state index contributed by atoms with van der Waals surface area (Å²) in [6.45, 7) is 4.14. The molecule has 0 aliphatic heterocycles. The first kappa shape index (κ1) is 14.7. The second-order valence-corrected chi connectivity index (χ2v) is 5.50. The van der Waals surface area contributed by atoms with E-state index in [0.29, 0.717) is 11.4 Å². The number of nitrogens with two attached hydrogens (primary N) is 1. The monoisotopic (exact) mass is 267 g/mol. The van der Waals surface area contributed by atoms with Crippen LogP contribution in [0.2, 0.25) is 0 Å². The minimum Gasteiger partial charge on any atom is -0.399 e. The normalized spacial score (nSPS) is 11.9. The van der Waals surface area contributed by atoms with Gasteiger partial charge >= 0.3 is 6.03 Å². The summed E-state index contributed by atoms with van der Waals surface area (Å²) in [5.41, 5.74) is 6.99. The van der Waals surface area contributed by atoms with Gasteiger partial charge in [0, 0.05) is 17.4 Å². The highest BCUT2D eigenvalue weighted by Gasteiger charge is 2.07. The quantitative estimate of drug-likeness (QED) is 0.548. The summed E-state index contributed by atoms with van der Waals surface area (Å²) < 4.78 is 0. The maximum atomic E-state index is 11.7. The van der Waals surface area contributed by atoms with Gasteiger partial charge in [-0.1, -0.05) is 13.0 Å². The minimum atomic E-state index is -0.186. The zero-order valence-electron chi connectivity index (χ0n) is 10.9. The average Bonchev–Trinajstić information content (AvgIpc) is 2.29. The summed E-state index contributed by atoms with van der Waals surface area (Å²) in [5, 5.41) is 5.67. The molecule has 0 spiro atoms. The van der Waals surface area contributed by atoms with Gasteiger partial charge < -0.3 is 16.4 Å². The molecule has 0 aliphatic rings. The number of hydrogen-bond donors (Lipinski definition) is 3. The number of amides is 2. The first-order chi connectivity index (χ1) is 8.61. The van der Waals surface area contributed by atoms with Gasteiger partial charge in [0.2, 0.25) is 0 Å². The second kappa shape index (κ2) is 7.87. The number of anilines is 2. The Kier molecular flexibility index (Phi) is 6.43. The van der Waals surface area contributed by atoms with Crippen molar-refractivity contribution in [1.29, 1.82) is 0 Å². The summed E-state index contributed by atoms with van der Waals surface area (Å²) in [6.07, 6.45) is 0.975. The van der Waals surface area contributed by atoms with E-state index >= 15 is 0 Å². The molecule has 0 saturated heterocycles. The van der Waals surface area contributed by atoms with Crippen molar-refractivity contribution >= 4 is 29.2 Å². The van der Waals surface area contributed by atoms with Crippen LogP contribution < -0.4 is 16.4 Å². The van der Waals surface area contributed by atoms with Crippen molar-refractivity contribution in [1.82, 2.24) is 5.32 Å². The molecule has 0 heterocycles. The molecule has 1 rings (SSSR count). The number of thioether (sulfide) groups is 1. The first-order valence-electron chi connectivity index (χ1n) is 6.12. The summed E-state index contributed by atoms with van der Waals surface area (Å²) in [7, 11) is 0. The fourth-order valence-corrected chi connectivity index (χ4v) is 2.29. The lowest BCUT2D eigenvalue weighted by Crippen LogP contribution is -2.36. The molecule has 0 fully saturated rings. The van der Waals surface area contributed by atoms with Crippen molar-refractivity contribution in [2.45, 2.75) is 26.3 Å². The molecule has 2 amide bonds. The highest BCUT2D eigenvalue weighted by atomic mass is 32.2. The van der Waals surface area contributed by atoms with Gasteiger partial charge in [-0.2, -0.15) is 11.8 Å². The SMILES string of the molecule is CCSCCC(C)NC(=O)Nc1cccc(N)c1. The van der Waals surface area contributed by atoms with Crippen LogP contribution in [0.3, 0.4) is 0 Å². The highest BCUT2D eigenvalue weighted by molar-refractivity contribution is 7.99. The van der Waals surface area contributed by atoms with Crippen molar-refractivity contribution in [3.63, 3.8) is 0 Å². The van der Waals surface area contributed by atoms with E-state index in [1.165, 1.54) is 0 Å². The van der Waals surface area contributed by atoms with Crippen molar-refractivity contribution in [3.8, 4) is 0 Å². The number of carbonyl (C=O) groups excluding carboxylic acids is 1. The van der Waals surface area contributed by atoms with Crippen molar-refractivity contribution in [3.05, 3.63) is 24.3 Å². The molecule has 0 bridgehead atoms. The maximum absolute atomic E-state index is 11.7. The molecular formula is C13H21N3OS. The number of carbonyl (C=O) groups is 1. The third-order valence-corrected chi connectivity index (χ3v) is 3.35. The molecule has 100 valence electrons. The number of nitrogen functional groups attached to an aromatic ring is 1. The van der Waals surface area contributed by atoms with Crippen LogP contribution in [-0.4, -0.2) is 23.6 Å². The number of nitrogens with one attached hydrogen (secondary N) is 2. The average molecular weight is 267 g/mol. The number of urea groups is 1. The van der Waals surface area contributed by atoms with Crippen LogP contribution in [0, 0.1) is 0 Å². The number of rotatable bonds is 6. The van der Waals surface area contributed by atoms with E-state index in [-0.39, 0.29) is 12.1 Å². The van der Waals surface area contributed by atoms with E-state index in [1.54, 1.807) is 12.1 Å². The van der Waals surface area contributed by atoms with Gasteiger partial charge in [0.15, 0.2) is 0 Å². The molecule has 1 aromatic rings. The van der Waals surface area contributed by atoms with E-state index in [4.69, 9.17) is 5.73 Å². The van der Waals surface area contributed by atoms with E-state index < -0.39 is 0 Å². The van der Waals surface area contributed by atoms with Gasteiger partial charge in [-0.15, -0.1) is 0 Å². The molecule has 18 heavy (non-hydrogen) atoms. The number of benzene rings is 1. The molecule has 1 unspecified atom stereocenters. The molecule has 0 saturated carbocycles. The zero-order chi connectivity index (χ0) is 13.4. The largest absolute Gasteiger partial charge is 0.399 e. The van der Waals surface area contributed by atoms with Crippen LogP contribution in [0.1, 0.15) is 20.3 Å². The summed E-state index contributed by atoms with van der Waals surface area (Å²) in [6, 6.07) is 7.13. The second-order valence-electron chi connectivity index (χ2n) is 4.11. The van der Waals surface area contributed by atoms with Crippen LogP contribution in [0.25, 0.3) is 0 Å². The maximum Gasteiger partial charge on any atom is 0.319 e. The Bertz CT molecular complexity index is 384. The first-order valence-corrected chi connectivity index (χ1v) is 7.28. The lowest BCUT2D eigenvalue weighted by Gasteiger charge is -2.14. The van der Waals surface area contributed by atoms with Gasteiger partial charge in [0.25, 0.3) is 0 Å². The van der Waals surface area contributed by atoms with Crippen LogP contribution in [0.4, 0.5) is 16.2 Å². The molecule has 0 aromatic heterocycles. The van der Waals surface area contributed by atoms with Gasteiger partial charge in [-0.25, -0.2) is 4.79 Å². The zero-order valence-corrected chi connectivity index (χ0v) is 11.7. The van der Waals surface area contributed by atoms with Crippen LogP contribution in [0.15, 0.2) is 24.3 Å².